The molecular weight excluding hydrogens is 239 g/mol. The lowest BCUT2D eigenvalue weighted by Gasteiger charge is -2.35. The van der Waals surface area contributed by atoms with E-state index in [4.69, 9.17) is 0 Å². The number of hydrogen-bond acceptors (Lipinski definition) is 2. The Morgan fingerprint density at radius 3 is 2.53 bits per heavy atom. The first-order valence-electron chi connectivity index (χ1n) is 7.29. The van der Waals surface area contributed by atoms with Crippen molar-refractivity contribution in [2.24, 2.45) is 11.8 Å². The smallest absolute Gasteiger partial charge is 0.125 e. The molecule has 0 aromatic heterocycles. The number of nitrogens with zero attached hydrogens (tertiary/aromatic N) is 1. The van der Waals surface area contributed by atoms with Gasteiger partial charge in [0.2, 0.25) is 0 Å². The third kappa shape index (κ3) is 3.69. The predicted molar refractivity (Wildman–Crippen MR) is 78.9 cm³/mol. The van der Waals surface area contributed by atoms with E-state index in [0.29, 0.717) is 6.54 Å². The molecule has 1 aromatic rings. The van der Waals surface area contributed by atoms with Crippen LogP contribution in [0, 0.1) is 17.7 Å². The van der Waals surface area contributed by atoms with Crippen LogP contribution in [0.25, 0.3) is 0 Å². The lowest BCUT2D eigenvalue weighted by atomic mass is 9.86. The summed E-state index contributed by atoms with van der Waals surface area (Å²) in [5, 5.41) is 3.08. The zero-order valence-corrected chi connectivity index (χ0v) is 12.2. The maximum Gasteiger partial charge on any atom is 0.125 e. The molecule has 0 aliphatic carbocycles. The molecule has 0 saturated carbocycles. The second kappa shape index (κ2) is 6.38. The van der Waals surface area contributed by atoms with E-state index in [9.17, 15) is 4.39 Å². The fourth-order valence-corrected chi connectivity index (χ4v) is 2.95. The highest BCUT2D eigenvalue weighted by Gasteiger charge is 2.22. The summed E-state index contributed by atoms with van der Waals surface area (Å²) in [7, 11) is 1.89. The first-order chi connectivity index (χ1) is 9.10. The van der Waals surface area contributed by atoms with Gasteiger partial charge in [0.15, 0.2) is 0 Å². The van der Waals surface area contributed by atoms with Crippen LogP contribution < -0.4 is 10.2 Å². The van der Waals surface area contributed by atoms with Crippen molar-refractivity contribution in [2.75, 3.05) is 25.0 Å². The van der Waals surface area contributed by atoms with Crippen LogP contribution in [-0.4, -0.2) is 20.1 Å². The molecule has 1 heterocycles. The van der Waals surface area contributed by atoms with Gasteiger partial charge in [0, 0.05) is 25.3 Å². The molecule has 1 aliphatic rings. The second-order valence-corrected chi connectivity index (χ2v) is 5.92. The molecule has 3 heteroatoms. The maximum atomic E-state index is 13.7. The average Bonchev–Trinajstić information content (AvgIpc) is 2.38. The Kier molecular flexibility index (Phi) is 4.81. The first-order valence-corrected chi connectivity index (χ1v) is 7.29. The van der Waals surface area contributed by atoms with E-state index >= 15 is 0 Å². The van der Waals surface area contributed by atoms with Crippen molar-refractivity contribution in [3.63, 3.8) is 0 Å². The van der Waals surface area contributed by atoms with Crippen molar-refractivity contribution in [1.29, 1.82) is 0 Å². The normalized spacial score (nSPS) is 17.2. The van der Waals surface area contributed by atoms with Crippen LogP contribution in [-0.2, 0) is 6.54 Å². The zero-order chi connectivity index (χ0) is 13.8. The van der Waals surface area contributed by atoms with Crippen LogP contribution in [0.2, 0.25) is 0 Å². The second-order valence-electron chi connectivity index (χ2n) is 5.92. The van der Waals surface area contributed by atoms with Gasteiger partial charge in [-0.2, -0.15) is 0 Å². The summed E-state index contributed by atoms with van der Waals surface area (Å²) in [5.74, 6) is 1.45. The van der Waals surface area contributed by atoms with Crippen molar-refractivity contribution in [3.05, 3.63) is 29.6 Å². The van der Waals surface area contributed by atoms with E-state index in [1.165, 1.54) is 12.8 Å². The fraction of sp³-hybridized carbons (Fsp3) is 0.625. The highest BCUT2D eigenvalue weighted by molar-refractivity contribution is 5.49. The standard InChI is InChI=1S/C16H25FN2/c1-12(2)14-4-6-19(7-5-14)16-9-13(11-18-3)8-15(17)10-16/h8-10,12,14,18H,4-7,11H2,1-3H3. The monoisotopic (exact) mass is 264 g/mol. The van der Waals surface area contributed by atoms with Gasteiger partial charge in [-0.25, -0.2) is 4.39 Å². The van der Waals surface area contributed by atoms with Crippen LogP contribution in [0.5, 0.6) is 0 Å². The first kappa shape index (κ1) is 14.3. The van der Waals surface area contributed by atoms with Gasteiger partial charge in [0.25, 0.3) is 0 Å². The molecule has 1 saturated heterocycles. The van der Waals surface area contributed by atoms with Crippen LogP contribution in [0.3, 0.4) is 0 Å². The minimum atomic E-state index is -0.131. The molecule has 1 aromatic carbocycles. The Balaban J connectivity index is 2.06. The van der Waals surface area contributed by atoms with E-state index in [-0.39, 0.29) is 5.82 Å². The Morgan fingerprint density at radius 1 is 1.26 bits per heavy atom. The van der Waals surface area contributed by atoms with Gasteiger partial charge < -0.3 is 10.2 Å². The Labute approximate surface area is 116 Å². The minimum Gasteiger partial charge on any atom is -0.371 e. The molecule has 0 amide bonds. The molecular formula is C16H25FN2. The van der Waals surface area contributed by atoms with E-state index < -0.39 is 0 Å². The summed E-state index contributed by atoms with van der Waals surface area (Å²) in [4.78, 5) is 2.32. The number of rotatable bonds is 4. The summed E-state index contributed by atoms with van der Waals surface area (Å²) in [6.07, 6.45) is 2.44. The third-order valence-corrected chi connectivity index (χ3v) is 4.17. The summed E-state index contributed by atoms with van der Waals surface area (Å²) in [6, 6.07) is 5.38. The Bertz CT molecular complexity index is 409. The zero-order valence-electron chi connectivity index (χ0n) is 12.2. The molecule has 106 valence electrons. The molecule has 2 nitrogen and oxygen atoms in total. The van der Waals surface area contributed by atoms with E-state index in [0.717, 1.165) is 36.2 Å². The molecule has 0 spiro atoms. The summed E-state index contributed by atoms with van der Waals surface area (Å²) in [5.41, 5.74) is 2.05. The minimum absolute atomic E-state index is 0.131. The number of piperidine rings is 1. The fourth-order valence-electron chi connectivity index (χ4n) is 2.95. The van der Waals surface area contributed by atoms with Gasteiger partial charge in [0.05, 0.1) is 0 Å². The largest absolute Gasteiger partial charge is 0.371 e. The summed E-state index contributed by atoms with van der Waals surface area (Å²) in [6.45, 7) is 7.41. The topological polar surface area (TPSA) is 15.3 Å². The number of hydrogen-bond donors (Lipinski definition) is 1. The average molecular weight is 264 g/mol. The molecule has 0 bridgehead atoms. The van der Waals surface area contributed by atoms with Crippen molar-refractivity contribution in [2.45, 2.75) is 33.2 Å². The van der Waals surface area contributed by atoms with Crippen LogP contribution >= 0.6 is 0 Å². The number of halogens is 1. The van der Waals surface area contributed by atoms with E-state index in [2.05, 4.69) is 30.1 Å². The molecule has 1 N–H and O–H groups in total. The van der Waals surface area contributed by atoms with Crippen LogP contribution in [0.15, 0.2) is 18.2 Å². The SMILES string of the molecule is CNCc1cc(F)cc(N2CCC(C(C)C)CC2)c1. The molecule has 0 unspecified atom stereocenters. The molecule has 2 rings (SSSR count). The number of anilines is 1. The van der Waals surface area contributed by atoms with Crippen molar-refractivity contribution < 1.29 is 4.39 Å². The van der Waals surface area contributed by atoms with Crippen LogP contribution in [0.4, 0.5) is 10.1 Å². The third-order valence-electron chi connectivity index (χ3n) is 4.17. The highest BCUT2D eigenvalue weighted by Crippen LogP contribution is 2.28. The van der Waals surface area contributed by atoms with Gasteiger partial charge in [0.1, 0.15) is 5.82 Å². The van der Waals surface area contributed by atoms with Crippen molar-refractivity contribution in [3.8, 4) is 0 Å². The van der Waals surface area contributed by atoms with Gasteiger partial charge in [-0.05, 0) is 55.5 Å². The molecule has 1 aliphatic heterocycles. The summed E-state index contributed by atoms with van der Waals surface area (Å²) >= 11 is 0. The lowest BCUT2D eigenvalue weighted by molar-refractivity contribution is 0.311. The van der Waals surface area contributed by atoms with E-state index in [1.54, 1.807) is 12.1 Å². The predicted octanol–water partition coefficient (Wildman–Crippen LogP) is 3.42. The van der Waals surface area contributed by atoms with Gasteiger partial charge in [-0.3, -0.25) is 0 Å². The maximum absolute atomic E-state index is 13.7. The Morgan fingerprint density at radius 2 is 1.95 bits per heavy atom. The number of nitrogens with one attached hydrogen (secondary N) is 1. The van der Waals surface area contributed by atoms with Crippen molar-refractivity contribution >= 4 is 5.69 Å². The number of benzene rings is 1. The molecule has 0 atom stereocenters. The Hall–Kier alpha value is -1.09. The quantitative estimate of drug-likeness (QED) is 0.896. The summed E-state index contributed by atoms with van der Waals surface area (Å²) < 4.78 is 13.7. The van der Waals surface area contributed by atoms with Crippen LogP contribution in [0.1, 0.15) is 32.3 Å². The van der Waals surface area contributed by atoms with Gasteiger partial charge in [-0.15, -0.1) is 0 Å². The molecule has 1 fully saturated rings. The lowest BCUT2D eigenvalue weighted by Crippen LogP contribution is -2.35. The van der Waals surface area contributed by atoms with Gasteiger partial charge >= 0.3 is 0 Å². The van der Waals surface area contributed by atoms with Gasteiger partial charge in [-0.1, -0.05) is 13.8 Å². The van der Waals surface area contributed by atoms with E-state index in [1.807, 2.05) is 7.05 Å². The highest BCUT2D eigenvalue weighted by atomic mass is 19.1. The molecule has 0 radical (unpaired) electrons. The molecule has 19 heavy (non-hydrogen) atoms. The van der Waals surface area contributed by atoms with Crippen molar-refractivity contribution in [1.82, 2.24) is 5.32 Å².